The zero-order valence-corrected chi connectivity index (χ0v) is 22.2. The van der Waals surface area contributed by atoms with Gasteiger partial charge in [-0.3, -0.25) is 18.8 Å². The van der Waals surface area contributed by atoms with Crippen LogP contribution in [0.4, 0.5) is 5.82 Å². The molecule has 0 aliphatic carbocycles. The normalized spacial score (nSPS) is 11.9. The van der Waals surface area contributed by atoms with Gasteiger partial charge < -0.3 is 16.0 Å². The standard InChI is InChI=1S/C28H25N11O2/c1-17(34-27(40)23-24(29)36-39-11-4-10-31-26(23)39)25-35-21-6-3-5-19(8-7-18-13-33-37(2)15-18)22(21)28(41)38(25)12-9-20-14-30-16-32-20/h3-6,10-11,13-17H,9,12H2,1-2H3,(H2,29,36)(H,30,32)(H,34,40). The predicted octanol–water partition coefficient (Wildman–Crippen LogP) is 1.61. The number of nitrogens with zero attached hydrogens (tertiary/aromatic N) is 8. The quantitative estimate of drug-likeness (QED) is 0.264. The molecule has 5 heterocycles. The van der Waals surface area contributed by atoms with Crippen molar-refractivity contribution in [2.45, 2.75) is 25.9 Å². The number of hydrogen-bond donors (Lipinski definition) is 3. The molecule has 1 amide bonds. The van der Waals surface area contributed by atoms with Gasteiger partial charge in [-0.1, -0.05) is 17.9 Å². The van der Waals surface area contributed by atoms with Crippen molar-refractivity contribution in [3.05, 3.63) is 100 Å². The van der Waals surface area contributed by atoms with Crippen LogP contribution in [0.1, 0.15) is 46.0 Å². The molecule has 13 nitrogen and oxygen atoms in total. The number of fused-ring (bicyclic) bond motifs is 2. The minimum absolute atomic E-state index is 0.0487. The zero-order valence-electron chi connectivity index (χ0n) is 22.2. The molecule has 13 heteroatoms. The third-order valence-electron chi connectivity index (χ3n) is 6.59. The number of hydrogen-bond acceptors (Lipinski definition) is 8. The van der Waals surface area contributed by atoms with Crippen LogP contribution < -0.4 is 16.6 Å². The van der Waals surface area contributed by atoms with Gasteiger partial charge in [0.25, 0.3) is 11.5 Å². The summed E-state index contributed by atoms with van der Waals surface area (Å²) in [5, 5.41) is 11.6. The van der Waals surface area contributed by atoms with Crippen molar-refractivity contribution in [2.24, 2.45) is 7.05 Å². The van der Waals surface area contributed by atoms with E-state index in [1.165, 1.54) is 4.52 Å². The third-order valence-corrected chi connectivity index (χ3v) is 6.59. The van der Waals surface area contributed by atoms with Crippen LogP contribution in [0.25, 0.3) is 16.6 Å². The van der Waals surface area contributed by atoms with E-state index in [1.807, 2.05) is 7.05 Å². The van der Waals surface area contributed by atoms with Crippen molar-refractivity contribution < 1.29 is 4.79 Å². The molecule has 5 aromatic heterocycles. The summed E-state index contributed by atoms with van der Waals surface area (Å²) in [4.78, 5) is 43.7. The van der Waals surface area contributed by atoms with Crippen molar-refractivity contribution in [3.8, 4) is 11.8 Å². The van der Waals surface area contributed by atoms with Gasteiger partial charge in [0.2, 0.25) is 0 Å². The summed E-state index contributed by atoms with van der Waals surface area (Å²) >= 11 is 0. The molecule has 0 saturated carbocycles. The fourth-order valence-electron chi connectivity index (χ4n) is 4.67. The maximum absolute atomic E-state index is 14.0. The number of imidazole rings is 1. The minimum atomic E-state index is -0.665. The highest BCUT2D eigenvalue weighted by Gasteiger charge is 2.24. The SMILES string of the molecule is CC(NC(=O)c1c(N)nn2cccnc12)c1nc2cccc(C#Cc3cnn(C)c3)c2c(=O)n1CCc1c[nH]cn1. The average molecular weight is 548 g/mol. The van der Waals surface area contributed by atoms with Crippen LogP contribution in [0.15, 0.2) is 66.4 Å². The summed E-state index contributed by atoms with van der Waals surface area (Å²) in [5.41, 5.74) is 8.80. The number of rotatable bonds is 6. The van der Waals surface area contributed by atoms with Gasteiger partial charge >= 0.3 is 0 Å². The van der Waals surface area contributed by atoms with E-state index in [9.17, 15) is 9.59 Å². The van der Waals surface area contributed by atoms with Gasteiger partial charge in [0.15, 0.2) is 11.5 Å². The Kier molecular flexibility index (Phi) is 6.48. The number of H-pyrrole nitrogens is 1. The van der Waals surface area contributed by atoms with Crippen LogP contribution in [0, 0.1) is 11.8 Å². The second-order valence-corrected chi connectivity index (χ2v) is 9.43. The van der Waals surface area contributed by atoms with Gasteiger partial charge in [-0.2, -0.15) is 5.10 Å². The van der Waals surface area contributed by atoms with Crippen molar-refractivity contribution in [2.75, 3.05) is 5.73 Å². The first-order chi connectivity index (χ1) is 19.9. The maximum Gasteiger partial charge on any atom is 0.262 e. The molecule has 0 bridgehead atoms. The number of aromatic nitrogens is 9. The lowest BCUT2D eigenvalue weighted by Gasteiger charge is -2.19. The first-order valence-electron chi connectivity index (χ1n) is 12.8. The number of carbonyl (C=O) groups excluding carboxylic acids is 1. The van der Waals surface area contributed by atoms with E-state index in [0.717, 1.165) is 11.3 Å². The van der Waals surface area contributed by atoms with Gasteiger partial charge in [-0.25, -0.2) is 19.5 Å². The van der Waals surface area contributed by atoms with Crippen molar-refractivity contribution in [1.82, 2.24) is 49.2 Å². The maximum atomic E-state index is 14.0. The van der Waals surface area contributed by atoms with Crippen LogP contribution >= 0.6 is 0 Å². The molecular formula is C28H25N11O2. The fourth-order valence-corrected chi connectivity index (χ4v) is 4.67. The lowest BCUT2D eigenvalue weighted by molar-refractivity contribution is 0.0939. The number of nitrogen functional groups attached to an aromatic ring is 1. The van der Waals surface area contributed by atoms with Crippen LogP contribution in [0.2, 0.25) is 0 Å². The summed E-state index contributed by atoms with van der Waals surface area (Å²) in [6.07, 6.45) is 10.5. The number of carbonyl (C=O) groups is 1. The van der Waals surface area contributed by atoms with E-state index in [1.54, 1.807) is 77.7 Å². The van der Waals surface area contributed by atoms with E-state index in [0.29, 0.717) is 34.4 Å². The first-order valence-corrected chi connectivity index (χ1v) is 12.8. The van der Waals surface area contributed by atoms with Crippen molar-refractivity contribution >= 4 is 28.3 Å². The lowest BCUT2D eigenvalue weighted by Crippen LogP contribution is -2.34. The highest BCUT2D eigenvalue weighted by atomic mass is 16.2. The molecule has 0 aliphatic heterocycles. The Bertz CT molecular complexity index is 2020. The number of aromatic amines is 1. The number of nitrogens with two attached hydrogens (primary N) is 1. The largest absolute Gasteiger partial charge is 0.381 e. The van der Waals surface area contributed by atoms with E-state index in [4.69, 9.17) is 10.7 Å². The molecule has 0 spiro atoms. The molecule has 41 heavy (non-hydrogen) atoms. The molecule has 6 rings (SSSR count). The van der Waals surface area contributed by atoms with E-state index in [2.05, 4.69) is 42.3 Å². The predicted molar refractivity (Wildman–Crippen MR) is 151 cm³/mol. The molecule has 0 fully saturated rings. The Morgan fingerprint density at radius 2 is 2.10 bits per heavy atom. The molecule has 4 N–H and O–H groups in total. The molecule has 0 radical (unpaired) electrons. The van der Waals surface area contributed by atoms with Crippen LogP contribution in [0.5, 0.6) is 0 Å². The number of nitrogens with one attached hydrogen (secondary N) is 2. The third kappa shape index (κ3) is 4.89. The molecular weight excluding hydrogens is 522 g/mol. The summed E-state index contributed by atoms with van der Waals surface area (Å²) in [6, 6.07) is 6.38. The molecule has 0 saturated heterocycles. The second-order valence-electron chi connectivity index (χ2n) is 9.43. The molecule has 204 valence electrons. The van der Waals surface area contributed by atoms with Gasteiger partial charge in [-0.05, 0) is 25.1 Å². The number of aryl methyl sites for hydroxylation is 2. The fraction of sp³-hybridized carbons (Fsp3) is 0.179. The highest BCUT2D eigenvalue weighted by molar-refractivity contribution is 6.04. The first kappa shape index (κ1) is 25.5. The van der Waals surface area contributed by atoms with Gasteiger partial charge in [-0.15, -0.1) is 5.10 Å². The Morgan fingerprint density at radius 3 is 2.88 bits per heavy atom. The summed E-state index contributed by atoms with van der Waals surface area (Å²) in [7, 11) is 1.81. The van der Waals surface area contributed by atoms with Crippen LogP contribution in [-0.4, -0.2) is 49.8 Å². The Hall–Kier alpha value is -5.77. The number of benzene rings is 1. The van der Waals surface area contributed by atoms with Crippen LogP contribution in [0.3, 0.4) is 0 Å². The van der Waals surface area contributed by atoms with Gasteiger partial charge in [0.1, 0.15) is 11.4 Å². The van der Waals surface area contributed by atoms with E-state index >= 15 is 0 Å². The smallest absolute Gasteiger partial charge is 0.262 e. The van der Waals surface area contributed by atoms with Crippen molar-refractivity contribution in [3.63, 3.8) is 0 Å². The summed E-state index contributed by atoms with van der Waals surface area (Å²) in [6.45, 7) is 2.05. The Morgan fingerprint density at radius 1 is 1.22 bits per heavy atom. The van der Waals surface area contributed by atoms with Gasteiger partial charge in [0, 0.05) is 50.4 Å². The van der Waals surface area contributed by atoms with Gasteiger partial charge in [0.05, 0.1) is 40.7 Å². The monoisotopic (exact) mass is 547 g/mol. The molecule has 0 aliphatic rings. The molecule has 1 aromatic carbocycles. The van der Waals surface area contributed by atoms with E-state index < -0.39 is 11.9 Å². The Labute approximate surface area is 233 Å². The molecule has 1 atom stereocenters. The Balaban J connectivity index is 1.42. The highest BCUT2D eigenvalue weighted by Crippen LogP contribution is 2.20. The van der Waals surface area contributed by atoms with Crippen LogP contribution in [-0.2, 0) is 20.0 Å². The second kappa shape index (κ2) is 10.4. The van der Waals surface area contributed by atoms with Crippen molar-refractivity contribution in [1.29, 1.82) is 0 Å². The topological polar surface area (TPSA) is 167 Å². The zero-order chi connectivity index (χ0) is 28.5. The lowest BCUT2D eigenvalue weighted by atomic mass is 10.1. The number of anilines is 1. The molecule has 1 unspecified atom stereocenters. The minimum Gasteiger partial charge on any atom is -0.381 e. The average Bonchev–Trinajstić information content (AvgIpc) is 3.70. The number of amides is 1. The summed E-state index contributed by atoms with van der Waals surface area (Å²) < 4.78 is 4.67. The van der Waals surface area contributed by atoms with E-state index in [-0.39, 0.29) is 23.5 Å². The summed E-state index contributed by atoms with van der Waals surface area (Å²) in [5.74, 6) is 6.12. The molecule has 6 aromatic rings.